The van der Waals surface area contributed by atoms with Gasteiger partial charge in [0.1, 0.15) is 0 Å². The summed E-state index contributed by atoms with van der Waals surface area (Å²) in [5, 5.41) is 0. The summed E-state index contributed by atoms with van der Waals surface area (Å²) in [5.41, 5.74) is 0. The molecule has 0 saturated carbocycles. The fourth-order valence-corrected chi connectivity index (χ4v) is 0. The molecule has 0 fully saturated rings. The van der Waals surface area contributed by atoms with Gasteiger partial charge in [-0.05, 0) is 6.92 Å². The van der Waals surface area contributed by atoms with E-state index < -0.39 is 12.3 Å². The molecule has 0 nitrogen and oxygen atoms in total. The van der Waals surface area contributed by atoms with Gasteiger partial charge in [0, 0.05) is 9.11 Å². The Labute approximate surface area is 39.0 Å². The Morgan fingerprint density at radius 3 is 2.00 bits per heavy atom. The van der Waals surface area contributed by atoms with Gasteiger partial charge in [-0.2, -0.15) is 0 Å². The minimum absolute atomic E-state index is 0.562. The lowest BCUT2D eigenvalue weighted by Gasteiger charge is -2.02. The Morgan fingerprint density at radius 2 is 2.00 bits per heavy atom. The van der Waals surface area contributed by atoms with Crippen molar-refractivity contribution in [3.05, 3.63) is 0 Å². The maximum absolute atomic E-state index is 11.9. The molecule has 0 amide bonds. The summed E-state index contributed by atoms with van der Waals surface area (Å²) in [6.45, 7) is 1.42. The van der Waals surface area contributed by atoms with E-state index in [1.165, 1.54) is 0 Å². The molecule has 0 aliphatic rings. The predicted molar refractivity (Wildman–Crippen MR) is 20.9 cm³/mol. The molecule has 0 saturated heterocycles. The first kappa shape index (κ1) is 2.94. The molecule has 0 aromatic carbocycles. The van der Waals surface area contributed by atoms with Gasteiger partial charge in [0.2, 0.25) is 5.92 Å². The molecule has 2 heteroatoms. The average Bonchev–Trinajstić information content (AvgIpc) is 1.25. The maximum atomic E-state index is 11.9. The number of rotatable bonds is 1. The lowest BCUT2D eigenvalue weighted by molar-refractivity contribution is 0.0181. The van der Waals surface area contributed by atoms with E-state index in [4.69, 9.17) is 2.74 Å². The fraction of sp³-hybridized carbons (Fsp3) is 1.00. The summed E-state index contributed by atoms with van der Waals surface area (Å²) >= 11 is 0. The van der Waals surface area contributed by atoms with Crippen molar-refractivity contribution in [2.75, 3.05) is 0 Å². The van der Waals surface area contributed by atoms with Gasteiger partial charge in [-0.15, -0.1) is 0 Å². The second kappa shape index (κ2) is 1.54. The summed E-state index contributed by atoms with van der Waals surface area (Å²) in [7, 11) is 0. The minimum atomic E-state index is -3.23. The van der Waals surface area contributed by atoms with Crippen LogP contribution >= 0.6 is 0 Å². The smallest absolute Gasteiger partial charge is 0.207 e. The lowest BCUT2D eigenvalue weighted by Crippen LogP contribution is -2.05. The standard InChI is InChI=1S/C4H8F2/c1-3-4(2,5)6/h3H2,1-2H3/i3D2. The highest BCUT2D eigenvalue weighted by atomic mass is 19.3. The van der Waals surface area contributed by atoms with Crippen molar-refractivity contribution < 1.29 is 11.5 Å². The van der Waals surface area contributed by atoms with Crippen molar-refractivity contribution in [2.24, 2.45) is 0 Å². The Kier molecular flexibility index (Phi) is 0.754. The Bertz CT molecular complexity index is 67.0. The second-order valence-corrected chi connectivity index (χ2v) is 1.14. The Hall–Kier alpha value is -0.140. The second-order valence-electron chi connectivity index (χ2n) is 1.14. The van der Waals surface area contributed by atoms with Crippen LogP contribution in [0.15, 0.2) is 0 Å². The van der Waals surface area contributed by atoms with E-state index in [0.29, 0.717) is 6.92 Å². The van der Waals surface area contributed by atoms with Crippen LogP contribution in [0.25, 0.3) is 0 Å². The largest absolute Gasteiger partial charge is 0.245 e. The molecule has 0 rings (SSSR count). The van der Waals surface area contributed by atoms with E-state index in [-0.39, 0.29) is 0 Å². The first-order valence-corrected chi connectivity index (χ1v) is 1.63. The molecular weight excluding hydrogens is 86.0 g/mol. The number of hydrogen-bond donors (Lipinski definition) is 0. The third-order valence-corrected chi connectivity index (χ3v) is 0.439. The van der Waals surface area contributed by atoms with Gasteiger partial charge in [0.25, 0.3) is 0 Å². The summed E-state index contributed by atoms with van der Waals surface area (Å²) < 4.78 is 36.7. The Morgan fingerprint density at radius 1 is 1.83 bits per heavy atom. The van der Waals surface area contributed by atoms with Gasteiger partial charge in [-0.3, -0.25) is 0 Å². The third kappa shape index (κ3) is 3.86. The molecule has 38 valence electrons. The quantitative estimate of drug-likeness (QED) is 0.468. The molecule has 0 radical (unpaired) electrons. The molecule has 0 aromatic rings. The van der Waals surface area contributed by atoms with Gasteiger partial charge < -0.3 is 0 Å². The van der Waals surface area contributed by atoms with E-state index >= 15 is 0 Å². The Balaban J connectivity index is 4.02. The number of halogens is 2. The van der Waals surface area contributed by atoms with Crippen molar-refractivity contribution >= 4 is 0 Å². The predicted octanol–water partition coefficient (Wildman–Crippen LogP) is 2.05. The van der Waals surface area contributed by atoms with Crippen LogP contribution in [0.3, 0.4) is 0 Å². The number of alkyl halides is 2. The van der Waals surface area contributed by atoms with Gasteiger partial charge >= 0.3 is 0 Å². The third-order valence-electron chi connectivity index (χ3n) is 0.439. The van der Waals surface area contributed by atoms with Crippen LogP contribution in [0.2, 0.25) is 0 Å². The first-order chi connectivity index (χ1) is 3.25. The molecule has 0 bridgehead atoms. The topological polar surface area (TPSA) is 0 Å². The zero-order valence-corrected chi connectivity index (χ0v) is 3.76. The minimum Gasteiger partial charge on any atom is -0.207 e. The average molecular weight is 96.1 g/mol. The molecule has 0 aliphatic heterocycles. The monoisotopic (exact) mass is 96.1 g/mol. The van der Waals surface area contributed by atoms with Crippen LogP contribution in [0, 0.1) is 0 Å². The normalized spacial score (nSPS) is 19.3. The van der Waals surface area contributed by atoms with E-state index in [9.17, 15) is 8.78 Å². The molecule has 0 spiro atoms. The summed E-state index contributed by atoms with van der Waals surface area (Å²) in [6, 6.07) is 0. The molecule has 0 atom stereocenters. The van der Waals surface area contributed by atoms with Gasteiger partial charge in [-0.1, -0.05) is 6.92 Å². The highest BCUT2D eigenvalue weighted by molar-refractivity contribution is 4.50. The van der Waals surface area contributed by atoms with Crippen LogP contribution < -0.4 is 0 Å². The van der Waals surface area contributed by atoms with E-state index in [2.05, 4.69) is 0 Å². The fourth-order valence-electron chi connectivity index (χ4n) is 0. The van der Waals surface area contributed by atoms with Crippen LogP contribution in [0.1, 0.15) is 23.0 Å². The zero-order valence-electron chi connectivity index (χ0n) is 5.76. The van der Waals surface area contributed by atoms with Crippen LogP contribution in [-0.4, -0.2) is 5.92 Å². The summed E-state index contributed by atoms with van der Waals surface area (Å²) in [5.74, 6) is -3.23. The molecule has 0 N–H and O–H groups in total. The van der Waals surface area contributed by atoms with Crippen molar-refractivity contribution in [1.82, 2.24) is 0 Å². The maximum Gasteiger partial charge on any atom is 0.245 e. The summed E-state index contributed by atoms with van der Waals surface area (Å²) in [6.07, 6.45) is -2.40. The van der Waals surface area contributed by atoms with Crippen molar-refractivity contribution in [1.29, 1.82) is 0 Å². The van der Waals surface area contributed by atoms with E-state index in [1.807, 2.05) is 0 Å². The van der Waals surface area contributed by atoms with E-state index in [1.54, 1.807) is 0 Å². The molecule has 6 heavy (non-hydrogen) atoms. The van der Waals surface area contributed by atoms with Crippen molar-refractivity contribution in [3.63, 3.8) is 0 Å². The van der Waals surface area contributed by atoms with Crippen LogP contribution in [0.5, 0.6) is 0 Å². The highest BCUT2D eigenvalue weighted by Crippen LogP contribution is 2.14. The highest BCUT2D eigenvalue weighted by Gasteiger charge is 2.15. The number of hydrogen-bond acceptors (Lipinski definition) is 0. The SMILES string of the molecule is [2H]C([2H])(C)C(C)(F)F. The molecule has 0 aromatic heterocycles. The van der Waals surface area contributed by atoms with Crippen molar-refractivity contribution in [3.8, 4) is 0 Å². The van der Waals surface area contributed by atoms with Crippen molar-refractivity contribution in [2.45, 2.75) is 26.1 Å². The van der Waals surface area contributed by atoms with Gasteiger partial charge in [0.15, 0.2) is 0 Å². The molecule has 0 aliphatic carbocycles. The van der Waals surface area contributed by atoms with Crippen LogP contribution in [0.4, 0.5) is 8.78 Å². The van der Waals surface area contributed by atoms with Crippen LogP contribution in [-0.2, 0) is 0 Å². The zero-order chi connectivity index (χ0) is 7.00. The lowest BCUT2D eigenvalue weighted by atomic mass is 10.3. The van der Waals surface area contributed by atoms with Gasteiger partial charge in [0.05, 0.1) is 0 Å². The summed E-state index contributed by atoms with van der Waals surface area (Å²) in [4.78, 5) is 0. The van der Waals surface area contributed by atoms with Gasteiger partial charge in [-0.25, -0.2) is 8.78 Å². The molecule has 0 heterocycles. The first-order valence-electron chi connectivity index (χ1n) is 2.63. The van der Waals surface area contributed by atoms with E-state index in [0.717, 1.165) is 6.92 Å². The molecule has 0 unspecified atom stereocenters. The molecular formula is C4H8F2.